The number of aliphatic hydroxyl groups excluding tert-OH is 1. The highest BCUT2D eigenvalue weighted by atomic mass is 16.6. The Kier molecular flexibility index (Phi) is 59.3. The molecule has 0 spiro atoms. The Balaban J connectivity index is 3.39. The van der Waals surface area contributed by atoms with Crippen molar-refractivity contribution in [3.05, 3.63) is 48.6 Å². The van der Waals surface area contributed by atoms with E-state index in [1.807, 2.05) is 0 Å². The Morgan fingerprint density at radius 1 is 0.329 bits per heavy atom. The molecule has 0 saturated heterocycles. The molecule has 410 valence electrons. The molecule has 0 saturated carbocycles. The van der Waals surface area contributed by atoms with E-state index in [0.29, 0.717) is 12.8 Å². The van der Waals surface area contributed by atoms with E-state index in [-0.39, 0.29) is 25.2 Å². The Labute approximate surface area is 437 Å². The fraction of sp³-hybridized carbons (Fsp3) is 0.846. The van der Waals surface area contributed by atoms with Gasteiger partial charge in [0.25, 0.3) is 0 Å². The minimum Gasteiger partial charge on any atom is -0.462 e. The maximum atomic E-state index is 12.3. The van der Waals surface area contributed by atoms with Crippen LogP contribution in [0, 0.1) is 0 Å². The van der Waals surface area contributed by atoms with Crippen LogP contribution < -0.4 is 0 Å². The number of unbranched alkanes of at least 4 members (excludes halogenated alkanes) is 42. The average Bonchev–Trinajstić information content (AvgIpc) is 3.36. The summed E-state index contributed by atoms with van der Waals surface area (Å²) in [7, 11) is 0. The zero-order valence-corrected chi connectivity index (χ0v) is 47.0. The van der Waals surface area contributed by atoms with Crippen molar-refractivity contribution in [2.45, 2.75) is 341 Å². The second-order valence-electron chi connectivity index (χ2n) is 21.1. The van der Waals surface area contributed by atoms with Gasteiger partial charge in [0.2, 0.25) is 0 Å². The third-order valence-electron chi connectivity index (χ3n) is 14.1. The normalized spacial score (nSPS) is 12.4. The molecule has 0 radical (unpaired) electrons. The number of esters is 2. The Bertz CT molecular complexity index is 1150. The smallest absolute Gasteiger partial charge is 0.306 e. The molecule has 5 heteroatoms. The maximum absolute atomic E-state index is 12.3. The van der Waals surface area contributed by atoms with Gasteiger partial charge in [-0.05, 0) is 77.0 Å². The molecule has 0 rings (SSSR count). The van der Waals surface area contributed by atoms with Gasteiger partial charge in [0, 0.05) is 12.8 Å². The topological polar surface area (TPSA) is 72.8 Å². The van der Waals surface area contributed by atoms with Crippen LogP contribution in [0.5, 0.6) is 0 Å². The summed E-state index contributed by atoms with van der Waals surface area (Å²) in [6.45, 7) is 4.16. The molecule has 0 aromatic heterocycles. The highest BCUT2D eigenvalue weighted by Gasteiger charge is 2.16. The molecule has 0 aromatic rings. The third kappa shape index (κ3) is 58.4. The fourth-order valence-corrected chi connectivity index (χ4v) is 9.38. The van der Waals surface area contributed by atoms with Crippen LogP contribution in [0.25, 0.3) is 0 Å². The number of carbonyl (C=O) groups is 2. The van der Waals surface area contributed by atoms with Crippen molar-refractivity contribution in [2.24, 2.45) is 0 Å². The summed E-state index contributed by atoms with van der Waals surface area (Å²) in [6, 6.07) is 0. The van der Waals surface area contributed by atoms with Crippen molar-refractivity contribution in [1.82, 2.24) is 0 Å². The van der Waals surface area contributed by atoms with Gasteiger partial charge >= 0.3 is 11.9 Å². The minimum absolute atomic E-state index is 0.0638. The van der Waals surface area contributed by atoms with Crippen LogP contribution in [0.3, 0.4) is 0 Å². The zero-order valence-electron chi connectivity index (χ0n) is 47.0. The molecule has 1 atom stereocenters. The van der Waals surface area contributed by atoms with E-state index in [2.05, 4.69) is 62.5 Å². The summed E-state index contributed by atoms with van der Waals surface area (Å²) < 4.78 is 10.7. The first-order valence-electron chi connectivity index (χ1n) is 31.2. The maximum Gasteiger partial charge on any atom is 0.306 e. The lowest BCUT2D eigenvalue weighted by Gasteiger charge is -2.15. The van der Waals surface area contributed by atoms with Crippen LogP contribution in [-0.4, -0.2) is 36.4 Å². The summed E-state index contributed by atoms with van der Waals surface area (Å²) in [5, 5.41) is 9.65. The van der Waals surface area contributed by atoms with Crippen LogP contribution >= 0.6 is 0 Å². The van der Waals surface area contributed by atoms with Gasteiger partial charge in [-0.25, -0.2) is 0 Å². The van der Waals surface area contributed by atoms with Gasteiger partial charge in [0.05, 0.1) is 6.61 Å². The molecule has 0 aliphatic heterocycles. The van der Waals surface area contributed by atoms with E-state index in [9.17, 15) is 14.7 Å². The quantitative estimate of drug-likeness (QED) is 0.0373. The Morgan fingerprint density at radius 3 is 0.871 bits per heavy atom. The van der Waals surface area contributed by atoms with Gasteiger partial charge in [-0.3, -0.25) is 9.59 Å². The van der Waals surface area contributed by atoms with E-state index >= 15 is 0 Å². The Hall–Kier alpha value is -2.14. The number of rotatable bonds is 58. The standard InChI is InChI=1S/C65H120O5/c1-3-5-7-9-11-13-15-17-19-21-22-23-24-25-26-27-28-29-30-31-32-33-34-35-36-37-38-39-40-41-42-44-46-48-50-52-54-56-58-60-65(68)70-63(61-66)62-69-64(67)59-57-55-53-51-49-47-45-43-20-18-16-14-12-10-8-6-4-2/h15,17-18,20-22,24-25,63,66H,3-14,16,19,23,26-62H2,1-2H3/b17-15-,20-18-,22-21-,25-24-. The largest absolute Gasteiger partial charge is 0.462 e. The van der Waals surface area contributed by atoms with Crippen molar-refractivity contribution < 1.29 is 24.2 Å². The summed E-state index contributed by atoms with van der Waals surface area (Å²) in [4.78, 5) is 24.5. The van der Waals surface area contributed by atoms with E-state index in [1.165, 1.54) is 257 Å². The second-order valence-corrected chi connectivity index (χ2v) is 21.1. The van der Waals surface area contributed by atoms with Crippen LogP contribution in [-0.2, 0) is 19.1 Å². The lowest BCUT2D eigenvalue weighted by molar-refractivity contribution is -0.161. The zero-order chi connectivity index (χ0) is 50.6. The van der Waals surface area contributed by atoms with Crippen LogP contribution in [0.15, 0.2) is 48.6 Å². The SMILES string of the molecule is CCCCCCC/C=C\C/C=C\C/C=C\CCCCCCCCCCCCCCCCCCCCCCCCCCC(=O)OC(CO)COC(=O)CCCCCCCCC/C=C\CCCCCCCC. The number of aliphatic hydroxyl groups is 1. The summed E-state index contributed by atoms with van der Waals surface area (Å²) in [5.41, 5.74) is 0. The van der Waals surface area contributed by atoms with Gasteiger partial charge in [0.15, 0.2) is 6.10 Å². The average molecular weight is 982 g/mol. The van der Waals surface area contributed by atoms with E-state index in [0.717, 1.165) is 51.4 Å². The number of ether oxygens (including phenoxy) is 2. The Morgan fingerprint density at radius 2 is 0.571 bits per heavy atom. The molecule has 0 aromatic carbocycles. The first kappa shape index (κ1) is 67.9. The van der Waals surface area contributed by atoms with Crippen molar-refractivity contribution >= 4 is 11.9 Å². The molecule has 1 unspecified atom stereocenters. The molecule has 0 amide bonds. The van der Waals surface area contributed by atoms with Crippen molar-refractivity contribution in [3.63, 3.8) is 0 Å². The monoisotopic (exact) mass is 981 g/mol. The van der Waals surface area contributed by atoms with Gasteiger partial charge in [-0.1, -0.05) is 294 Å². The molecular formula is C65H120O5. The third-order valence-corrected chi connectivity index (χ3v) is 14.1. The molecule has 0 heterocycles. The van der Waals surface area contributed by atoms with Gasteiger partial charge < -0.3 is 14.6 Å². The van der Waals surface area contributed by atoms with Crippen LogP contribution in [0.2, 0.25) is 0 Å². The fourth-order valence-electron chi connectivity index (χ4n) is 9.38. The van der Waals surface area contributed by atoms with E-state index < -0.39 is 6.10 Å². The van der Waals surface area contributed by atoms with Crippen LogP contribution in [0.4, 0.5) is 0 Å². The number of carbonyl (C=O) groups excluding carboxylic acids is 2. The molecule has 70 heavy (non-hydrogen) atoms. The predicted molar refractivity (Wildman–Crippen MR) is 307 cm³/mol. The van der Waals surface area contributed by atoms with Crippen molar-refractivity contribution in [3.8, 4) is 0 Å². The van der Waals surface area contributed by atoms with Crippen LogP contribution in [0.1, 0.15) is 335 Å². The molecule has 0 bridgehead atoms. The van der Waals surface area contributed by atoms with Gasteiger partial charge in [-0.15, -0.1) is 0 Å². The lowest BCUT2D eigenvalue weighted by atomic mass is 10.0. The second kappa shape index (κ2) is 61.2. The lowest BCUT2D eigenvalue weighted by Crippen LogP contribution is -2.28. The molecule has 1 N–H and O–H groups in total. The van der Waals surface area contributed by atoms with Crippen molar-refractivity contribution in [1.29, 1.82) is 0 Å². The first-order chi connectivity index (χ1) is 34.6. The van der Waals surface area contributed by atoms with Gasteiger partial charge in [-0.2, -0.15) is 0 Å². The molecule has 0 aliphatic rings. The van der Waals surface area contributed by atoms with E-state index in [1.54, 1.807) is 0 Å². The minimum atomic E-state index is -0.772. The summed E-state index contributed by atoms with van der Waals surface area (Å²) in [6.07, 6.45) is 81.2. The predicted octanol–water partition coefficient (Wildman–Crippen LogP) is 21.2. The molecule has 0 aliphatic carbocycles. The highest BCUT2D eigenvalue weighted by Crippen LogP contribution is 2.17. The number of hydrogen-bond acceptors (Lipinski definition) is 5. The highest BCUT2D eigenvalue weighted by molar-refractivity contribution is 5.70. The van der Waals surface area contributed by atoms with Crippen molar-refractivity contribution in [2.75, 3.05) is 13.2 Å². The molecule has 0 fully saturated rings. The molecule has 5 nitrogen and oxygen atoms in total. The molecular weight excluding hydrogens is 861 g/mol. The van der Waals surface area contributed by atoms with E-state index in [4.69, 9.17) is 9.47 Å². The summed E-state index contributed by atoms with van der Waals surface area (Å²) >= 11 is 0. The van der Waals surface area contributed by atoms with Gasteiger partial charge in [0.1, 0.15) is 6.61 Å². The summed E-state index contributed by atoms with van der Waals surface area (Å²) in [5.74, 6) is -0.579. The number of allylic oxidation sites excluding steroid dienone is 8. The first-order valence-corrected chi connectivity index (χ1v) is 31.2. The number of hydrogen-bond donors (Lipinski definition) is 1.